The largest absolute Gasteiger partial charge is 0.315 e. The van der Waals surface area contributed by atoms with Gasteiger partial charge in [0.2, 0.25) is 0 Å². The van der Waals surface area contributed by atoms with Gasteiger partial charge in [0.15, 0.2) is 0 Å². The van der Waals surface area contributed by atoms with Gasteiger partial charge in [-0.3, -0.25) is 0 Å². The zero-order valence-corrected chi connectivity index (χ0v) is 10.6. The third-order valence-corrected chi connectivity index (χ3v) is 5.93. The van der Waals surface area contributed by atoms with Crippen molar-refractivity contribution in [2.24, 2.45) is 10.8 Å². The molecule has 2 nitrogen and oxygen atoms in total. The van der Waals surface area contributed by atoms with E-state index in [0.717, 1.165) is 19.6 Å². The number of rotatable bonds is 0. The Morgan fingerprint density at radius 3 is 2.00 bits per heavy atom. The molecular weight excluding hydrogens is 192 g/mol. The molecule has 2 heterocycles. The molecule has 0 aliphatic carbocycles. The first-order valence-electron chi connectivity index (χ1n) is 5.51. The third kappa shape index (κ3) is 1.25. The van der Waals surface area contributed by atoms with E-state index in [2.05, 4.69) is 50.1 Å². The van der Waals surface area contributed by atoms with E-state index in [9.17, 15) is 0 Å². The van der Waals surface area contributed by atoms with Crippen molar-refractivity contribution in [3.63, 3.8) is 0 Å². The van der Waals surface area contributed by atoms with Crippen LogP contribution < -0.4 is 10.6 Å². The lowest BCUT2D eigenvalue weighted by Crippen LogP contribution is -2.68. The molecule has 14 heavy (non-hydrogen) atoms. The minimum Gasteiger partial charge on any atom is -0.315 e. The SMILES string of the molecule is CC1(C)CNCC(C)(C)C12NCCS2. The molecule has 0 radical (unpaired) electrons. The zero-order chi connectivity index (χ0) is 10.4. The van der Waals surface area contributed by atoms with Gasteiger partial charge >= 0.3 is 0 Å². The first kappa shape index (κ1) is 10.8. The van der Waals surface area contributed by atoms with E-state index in [4.69, 9.17) is 0 Å². The molecule has 0 atom stereocenters. The molecule has 0 aromatic carbocycles. The summed E-state index contributed by atoms with van der Waals surface area (Å²) in [6, 6.07) is 0. The summed E-state index contributed by atoms with van der Waals surface area (Å²) in [5.41, 5.74) is 0.659. The van der Waals surface area contributed by atoms with E-state index in [-0.39, 0.29) is 4.87 Å². The molecule has 2 aliphatic heterocycles. The number of hydrogen-bond donors (Lipinski definition) is 2. The summed E-state index contributed by atoms with van der Waals surface area (Å²) >= 11 is 2.13. The lowest BCUT2D eigenvalue weighted by atomic mass is 9.66. The summed E-state index contributed by atoms with van der Waals surface area (Å²) in [6.07, 6.45) is 0. The molecule has 3 heteroatoms. The lowest BCUT2D eigenvalue weighted by Gasteiger charge is -2.57. The summed E-state index contributed by atoms with van der Waals surface area (Å²) in [4.78, 5) is 0.269. The molecule has 0 saturated carbocycles. The van der Waals surface area contributed by atoms with Gasteiger partial charge in [0, 0.05) is 36.2 Å². The highest BCUT2D eigenvalue weighted by molar-refractivity contribution is 8.01. The number of nitrogens with one attached hydrogen (secondary N) is 2. The Kier molecular flexibility index (Phi) is 2.41. The van der Waals surface area contributed by atoms with Crippen molar-refractivity contribution in [2.45, 2.75) is 32.6 Å². The zero-order valence-electron chi connectivity index (χ0n) is 9.74. The van der Waals surface area contributed by atoms with Gasteiger partial charge in [0.05, 0.1) is 4.87 Å². The van der Waals surface area contributed by atoms with Crippen LogP contribution in [0.15, 0.2) is 0 Å². The fraction of sp³-hybridized carbons (Fsp3) is 1.00. The molecule has 0 aromatic rings. The first-order valence-corrected chi connectivity index (χ1v) is 6.50. The fourth-order valence-electron chi connectivity index (χ4n) is 3.20. The average molecular weight is 214 g/mol. The minimum absolute atomic E-state index is 0.269. The molecule has 0 aromatic heterocycles. The monoisotopic (exact) mass is 214 g/mol. The van der Waals surface area contributed by atoms with Crippen LogP contribution in [0.1, 0.15) is 27.7 Å². The predicted octanol–water partition coefficient (Wildman–Crippen LogP) is 1.67. The first-order chi connectivity index (χ1) is 6.41. The van der Waals surface area contributed by atoms with Crippen molar-refractivity contribution < 1.29 is 0 Å². The topological polar surface area (TPSA) is 24.1 Å². The van der Waals surface area contributed by atoms with Crippen LogP contribution in [0.5, 0.6) is 0 Å². The molecule has 2 rings (SSSR count). The van der Waals surface area contributed by atoms with Gasteiger partial charge < -0.3 is 10.6 Å². The van der Waals surface area contributed by atoms with Crippen LogP contribution in [0.2, 0.25) is 0 Å². The van der Waals surface area contributed by atoms with E-state index in [1.807, 2.05) is 0 Å². The highest BCUT2D eigenvalue weighted by atomic mass is 32.2. The Morgan fingerprint density at radius 1 is 1.00 bits per heavy atom. The summed E-state index contributed by atoms with van der Waals surface area (Å²) in [7, 11) is 0. The van der Waals surface area contributed by atoms with Crippen LogP contribution in [0.4, 0.5) is 0 Å². The van der Waals surface area contributed by atoms with Gasteiger partial charge in [-0.1, -0.05) is 27.7 Å². The maximum Gasteiger partial charge on any atom is 0.0773 e. The maximum atomic E-state index is 3.78. The highest BCUT2D eigenvalue weighted by Gasteiger charge is 2.58. The number of hydrogen-bond acceptors (Lipinski definition) is 3. The maximum absolute atomic E-state index is 3.78. The van der Waals surface area contributed by atoms with Crippen LogP contribution in [0.3, 0.4) is 0 Å². The smallest absolute Gasteiger partial charge is 0.0773 e. The quantitative estimate of drug-likeness (QED) is 0.641. The van der Waals surface area contributed by atoms with Gasteiger partial charge in [-0.2, -0.15) is 0 Å². The van der Waals surface area contributed by atoms with Gasteiger partial charge in [-0.05, 0) is 0 Å². The van der Waals surface area contributed by atoms with Gasteiger partial charge in [-0.25, -0.2) is 0 Å². The molecule has 82 valence electrons. The molecule has 0 bridgehead atoms. The van der Waals surface area contributed by atoms with Crippen LogP contribution >= 0.6 is 11.8 Å². The van der Waals surface area contributed by atoms with Crippen molar-refractivity contribution in [1.82, 2.24) is 10.6 Å². The van der Waals surface area contributed by atoms with Crippen LogP contribution in [-0.4, -0.2) is 30.3 Å². The summed E-state index contributed by atoms with van der Waals surface area (Å²) in [6.45, 7) is 12.9. The average Bonchev–Trinajstić information content (AvgIpc) is 2.50. The normalized spacial score (nSPS) is 33.4. The summed E-state index contributed by atoms with van der Waals surface area (Å²) in [5.74, 6) is 1.26. The Bertz CT molecular complexity index is 211. The van der Waals surface area contributed by atoms with Crippen molar-refractivity contribution in [3.05, 3.63) is 0 Å². The van der Waals surface area contributed by atoms with Crippen LogP contribution in [0, 0.1) is 10.8 Å². The molecule has 2 fully saturated rings. The minimum atomic E-state index is 0.269. The summed E-state index contributed by atoms with van der Waals surface area (Å²) in [5, 5.41) is 7.34. The second-order valence-corrected chi connectivity index (χ2v) is 7.14. The number of piperidine rings is 1. The van der Waals surface area contributed by atoms with E-state index < -0.39 is 0 Å². The van der Waals surface area contributed by atoms with Crippen molar-refractivity contribution in [3.8, 4) is 0 Å². The van der Waals surface area contributed by atoms with Crippen molar-refractivity contribution >= 4 is 11.8 Å². The second kappa shape index (κ2) is 3.13. The van der Waals surface area contributed by atoms with E-state index in [0.29, 0.717) is 10.8 Å². The molecule has 1 spiro atoms. The van der Waals surface area contributed by atoms with E-state index in [1.54, 1.807) is 0 Å². The van der Waals surface area contributed by atoms with E-state index >= 15 is 0 Å². The molecule has 2 aliphatic rings. The van der Waals surface area contributed by atoms with Gasteiger partial charge in [0.25, 0.3) is 0 Å². The van der Waals surface area contributed by atoms with Crippen molar-refractivity contribution in [1.29, 1.82) is 0 Å². The number of thioether (sulfide) groups is 1. The highest BCUT2D eigenvalue weighted by Crippen LogP contribution is 2.54. The van der Waals surface area contributed by atoms with Gasteiger partial charge in [0.1, 0.15) is 0 Å². The Balaban J connectivity index is 2.38. The molecule has 0 amide bonds. The Morgan fingerprint density at radius 2 is 1.57 bits per heavy atom. The molecular formula is C11H22N2S. The Hall–Kier alpha value is 0.270. The lowest BCUT2D eigenvalue weighted by molar-refractivity contribution is 0.0465. The predicted molar refractivity (Wildman–Crippen MR) is 63.6 cm³/mol. The Labute approximate surface area is 91.6 Å². The standard InChI is InChI=1S/C11H22N2S/c1-9(2)7-12-8-10(3,4)11(9)13-5-6-14-11/h12-13H,5-8H2,1-4H3. The van der Waals surface area contributed by atoms with E-state index in [1.165, 1.54) is 5.75 Å². The van der Waals surface area contributed by atoms with Crippen LogP contribution in [0.25, 0.3) is 0 Å². The third-order valence-electron chi connectivity index (χ3n) is 3.83. The molecule has 2 saturated heterocycles. The molecule has 2 N–H and O–H groups in total. The summed E-state index contributed by atoms with van der Waals surface area (Å²) < 4.78 is 0. The van der Waals surface area contributed by atoms with Crippen LogP contribution in [-0.2, 0) is 0 Å². The van der Waals surface area contributed by atoms with Crippen molar-refractivity contribution in [2.75, 3.05) is 25.4 Å². The molecule has 0 unspecified atom stereocenters. The fourth-order valence-corrected chi connectivity index (χ4v) is 4.84. The van der Waals surface area contributed by atoms with Gasteiger partial charge in [-0.15, -0.1) is 11.8 Å². The second-order valence-electron chi connectivity index (χ2n) is 5.83.